The lowest BCUT2D eigenvalue weighted by atomic mass is 9.99. The highest BCUT2D eigenvalue weighted by Crippen LogP contribution is 2.33. The van der Waals surface area contributed by atoms with Gasteiger partial charge in [-0.3, -0.25) is 0 Å². The zero-order chi connectivity index (χ0) is 22.1. The second-order valence-corrected chi connectivity index (χ2v) is 8.14. The Morgan fingerprint density at radius 2 is 1.94 bits per heavy atom. The monoisotopic (exact) mass is 426 g/mol. The number of benzene rings is 1. The number of hydrogen-bond acceptors (Lipinski definition) is 6. The van der Waals surface area contributed by atoms with Crippen molar-refractivity contribution in [2.45, 2.75) is 32.9 Å². The lowest BCUT2D eigenvalue weighted by Gasteiger charge is -2.35. The summed E-state index contributed by atoms with van der Waals surface area (Å²) in [5.74, 6) is 2.42. The van der Waals surface area contributed by atoms with Gasteiger partial charge >= 0.3 is 0 Å². The number of aryl methyl sites for hydroxylation is 1. The van der Waals surface area contributed by atoms with Crippen LogP contribution in [0.25, 0.3) is 11.5 Å². The first-order valence-electron chi connectivity index (χ1n) is 10.8. The molecule has 0 amide bonds. The predicted molar refractivity (Wildman–Crippen MR) is 124 cm³/mol. The van der Waals surface area contributed by atoms with Crippen molar-refractivity contribution in [1.29, 1.82) is 0 Å². The van der Waals surface area contributed by atoms with E-state index < -0.39 is 0 Å². The van der Waals surface area contributed by atoms with E-state index in [1.165, 1.54) is 5.56 Å². The van der Waals surface area contributed by atoms with Crippen LogP contribution in [0.2, 0.25) is 0 Å². The summed E-state index contributed by atoms with van der Waals surface area (Å²) in [6.45, 7) is 5.78. The molecule has 0 spiro atoms. The third-order valence-electron chi connectivity index (χ3n) is 5.92. The minimum Gasteiger partial charge on any atom is -0.497 e. The molecule has 1 aliphatic heterocycles. The molecular weight excluding hydrogens is 400 g/mol. The Bertz CT molecular complexity index is 1240. The number of anilines is 1. The molecular formula is C25H26N6O. The van der Waals surface area contributed by atoms with Gasteiger partial charge in [0, 0.05) is 55.3 Å². The summed E-state index contributed by atoms with van der Waals surface area (Å²) in [5, 5.41) is 0. The van der Waals surface area contributed by atoms with Gasteiger partial charge < -0.3 is 14.2 Å². The topological polar surface area (TPSA) is 69.0 Å². The van der Waals surface area contributed by atoms with Crippen LogP contribution >= 0.6 is 0 Å². The average molecular weight is 427 g/mol. The molecule has 162 valence electrons. The number of imidazole rings is 1. The van der Waals surface area contributed by atoms with E-state index in [1.54, 1.807) is 7.11 Å². The van der Waals surface area contributed by atoms with E-state index in [0.717, 1.165) is 53.7 Å². The molecule has 1 aromatic carbocycles. The summed E-state index contributed by atoms with van der Waals surface area (Å²) in [4.78, 5) is 21.1. The van der Waals surface area contributed by atoms with Gasteiger partial charge in [-0.05, 0) is 19.4 Å². The van der Waals surface area contributed by atoms with Gasteiger partial charge in [-0.15, -0.1) is 0 Å². The van der Waals surface area contributed by atoms with Crippen molar-refractivity contribution in [2.24, 2.45) is 0 Å². The number of hydrogen-bond donors (Lipinski definition) is 0. The van der Waals surface area contributed by atoms with E-state index in [0.29, 0.717) is 5.82 Å². The Morgan fingerprint density at radius 1 is 1.09 bits per heavy atom. The van der Waals surface area contributed by atoms with Crippen molar-refractivity contribution in [3.8, 4) is 17.3 Å². The van der Waals surface area contributed by atoms with Crippen LogP contribution in [0.1, 0.15) is 35.5 Å². The van der Waals surface area contributed by atoms with Crippen molar-refractivity contribution in [2.75, 3.05) is 18.6 Å². The predicted octanol–water partition coefficient (Wildman–Crippen LogP) is 4.22. The maximum atomic E-state index is 5.44. The maximum absolute atomic E-state index is 5.44. The molecule has 32 heavy (non-hydrogen) atoms. The Hall–Kier alpha value is -3.74. The molecule has 0 saturated carbocycles. The highest BCUT2D eigenvalue weighted by Gasteiger charge is 2.27. The minimum absolute atomic E-state index is 0.127. The normalized spacial score (nSPS) is 15.5. The summed E-state index contributed by atoms with van der Waals surface area (Å²) in [6, 6.07) is 14.4. The van der Waals surface area contributed by atoms with Crippen LogP contribution in [0.4, 0.5) is 5.82 Å². The number of fused-ring (bicyclic) bond motifs is 1. The van der Waals surface area contributed by atoms with Crippen LogP contribution in [-0.4, -0.2) is 38.2 Å². The van der Waals surface area contributed by atoms with E-state index in [-0.39, 0.29) is 6.04 Å². The van der Waals surface area contributed by atoms with Crippen molar-refractivity contribution in [1.82, 2.24) is 24.5 Å². The molecule has 1 aliphatic rings. The Labute approximate surface area is 187 Å². The van der Waals surface area contributed by atoms with Crippen LogP contribution < -0.4 is 9.64 Å². The second-order valence-electron chi connectivity index (χ2n) is 8.14. The number of methoxy groups -OCH3 is 1. The first kappa shape index (κ1) is 20.2. The van der Waals surface area contributed by atoms with E-state index in [4.69, 9.17) is 14.7 Å². The summed E-state index contributed by atoms with van der Waals surface area (Å²) in [6.07, 6.45) is 6.62. The van der Waals surface area contributed by atoms with Crippen molar-refractivity contribution < 1.29 is 4.74 Å². The van der Waals surface area contributed by atoms with Crippen LogP contribution in [0, 0.1) is 6.92 Å². The number of nitrogens with zero attached hydrogens (tertiary/aromatic N) is 6. The summed E-state index contributed by atoms with van der Waals surface area (Å²) >= 11 is 0. The van der Waals surface area contributed by atoms with Gasteiger partial charge in [-0.25, -0.2) is 19.9 Å². The number of pyridine rings is 1. The van der Waals surface area contributed by atoms with E-state index >= 15 is 0 Å². The molecule has 0 radical (unpaired) electrons. The molecule has 0 fully saturated rings. The van der Waals surface area contributed by atoms with Gasteiger partial charge in [0.05, 0.1) is 25.2 Å². The van der Waals surface area contributed by atoms with Gasteiger partial charge in [-0.2, -0.15) is 0 Å². The molecule has 3 aromatic heterocycles. The lowest BCUT2D eigenvalue weighted by molar-refractivity contribution is 0.413. The van der Waals surface area contributed by atoms with E-state index in [2.05, 4.69) is 38.5 Å². The minimum atomic E-state index is 0.127. The number of ether oxygens (including phenoxy) is 1. The molecule has 4 heterocycles. The van der Waals surface area contributed by atoms with Crippen LogP contribution in [-0.2, 0) is 13.0 Å². The maximum Gasteiger partial charge on any atom is 0.179 e. The Balaban J connectivity index is 1.38. The third-order valence-corrected chi connectivity index (χ3v) is 5.92. The van der Waals surface area contributed by atoms with Crippen molar-refractivity contribution >= 4 is 5.82 Å². The quantitative estimate of drug-likeness (QED) is 0.476. The lowest BCUT2D eigenvalue weighted by Crippen LogP contribution is -2.35. The van der Waals surface area contributed by atoms with E-state index in [9.17, 15) is 0 Å². The third kappa shape index (κ3) is 3.93. The molecule has 5 rings (SSSR count). The molecule has 0 bridgehead atoms. The largest absolute Gasteiger partial charge is 0.497 e. The SMILES string of the molecule is COc1cc(C)nc(N2CCc3nc(-c4cn(Cc5ccccc5)cn4)ncc3C2C)c1. The standard InChI is InChI=1S/C25H26N6O/c1-17-11-20(32-3)12-24(28-17)31-10-9-22-21(18(31)2)13-26-25(29-22)23-15-30(16-27-23)14-19-7-5-4-6-8-19/h4-8,11-13,15-16,18H,9-10,14H2,1-3H3. The van der Waals surface area contributed by atoms with Gasteiger partial charge in [0.1, 0.15) is 17.3 Å². The van der Waals surface area contributed by atoms with Gasteiger partial charge in [0.25, 0.3) is 0 Å². The smallest absolute Gasteiger partial charge is 0.179 e. The number of aromatic nitrogens is 5. The van der Waals surface area contributed by atoms with Gasteiger partial charge in [-0.1, -0.05) is 30.3 Å². The Kier molecular flexibility index (Phi) is 5.31. The molecule has 4 aromatic rings. The molecule has 0 saturated heterocycles. The zero-order valence-electron chi connectivity index (χ0n) is 18.6. The summed E-state index contributed by atoms with van der Waals surface area (Å²) in [7, 11) is 1.68. The van der Waals surface area contributed by atoms with Crippen LogP contribution in [0.3, 0.4) is 0 Å². The highest BCUT2D eigenvalue weighted by molar-refractivity contribution is 5.52. The van der Waals surface area contributed by atoms with Crippen molar-refractivity contribution in [3.63, 3.8) is 0 Å². The first-order chi connectivity index (χ1) is 15.6. The van der Waals surface area contributed by atoms with E-state index in [1.807, 2.05) is 56.0 Å². The van der Waals surface area contributed by atoms with Gasteiger partial charge in [0.2, 0.25) is 0 Å². The molecule has 0 N–H and O–H groups in total. The molecule has 7 nitrogen and oxygen atoms in total. The zero-order valence-corrected chi connectivity index (χ0v) is 18.6. The van der Waals surface area contributed by atoms with Gasteiger partial charge in [0.15, 0.2) is 5.82 Å². The molecule has 1 unspecified atom stereocenters. The summed E-state index contributed by atoms with van der Waals surface area (Å²) < 4.78 is 7.50. The molecule has 7 heteroatoms. The summed E-state index contributed by atoms with van der Waals surface area (Å²) in [5.41, 5.74) is 5.18. The second kappa shape index (κ2) is 8.42. The molecule has 1 atom stereocenters. The highest BCUT2D eigenvalue weighted by atomic mass is 16.5. The fraction of sp³-hybridized carbons (Fsp3) is 0.280. The number of rotatable bonds is 5. The van der Waals surface area contributed by atoms with Crippen LogP contribution in [0.5, 0.6) is 5.75 Å². The first-order valence-corrected chi connectivity index (χ1v) is 10.8. The fourth-order valence-electron chi connectivity index (χ4n) is 4.24. The fourth-order valence-corrected chi connectivity index (χ4v) is 4.24. The Morgan fingerprint density at radius 3 is 2.75 bits per heavy atom. The molecule has 0 aliphatic carbocycles. The van der Waals surface area contributed by atoms with Crippen molar-refractivity contribution in [3.05, 3.63) is 83.7 Å². The average Bonchev–Trinajstić information content (AvgIpc) is 3.28. The van der Waals surface area contributed by atoms with Crippen LogP contribution in [0.15, 0.2) is 61.2 Å².